The summed E-state index contributed by atoms with van der Waals surface area (Å²) in [6, 6.07) is 8.20. The number of aromatic nitrogens is 2. The maximum atomic E-state index is 4.27. The van der Waals surface area contributed by atoms with Crippen molar-refractivity contribution in [3.8, 4) is 0 Å². The molecule has 0 aliphatic rings. The average Bonchev–Trinajstić information content (AvgIpc) is 2.61. The summed E-state index contributed by atoms with van der Waals surface area (Å²) in [5, 5.41) is 0. The maximum absolute atomic E-state index is 4.27. The second-order valence-corrected chi connectivity index (χ2v) is 3.63. The minimum Gasteiger partial charge on any atom is -0.292 e. The van der Waals surface area contributed by atoms with E-state index in [1.165, 1.54) is 5.52 Å². The Bertz CT molecular complexity index is 536. The van der Waals surface area contributed by atoms with E-state index in [2.05, 4.69) is 37.4 Å². The summed E-state index contributed by atoms with van der Waals surface area (Å²) in [6.45, 7) is 0. The van der Waals surface area contributed by atoms with E-state index in [9.17, 15) is 0 Å². The Hall–Kier alpha value is -1.09. The molecule has 3 heterocycles. The van der Waals surface area contributed by atoms with Gasteiger partial charge in [-0.15, -0.1) is 0 Å². The highest BCUT2D eigenvalue weighted by Crippen LogP contribution is 2.25. The number of rotatable bonds is 0. The molecule has 0 aliphatic heterocycles. The van der Waals surface area contributed by atoms with E-state index in [-0.39, 0.29) is 0 Å². The van der Waals surface area contributed by atoms with Crippen molar-refractivity contribution >= 4 is 32.6 Å². The molecule has 0 spiro atoms. The van der Waals surface area contributed by atoms with Crippen molar-refractivity contribution in [2.45, 2.75) is 0 Å². The first kappa shape index (κ1) is 6.43. The molecule has 0 saturated heterocycles. The second-order valence-electron chi connectivity index (χ2n) is 2.78. The number of hydrogen-bond acceptors (Lipinski definition) is 1. The van der Waals surface area contributed by atoms with E-state index in [0.29, 0.717) is 0 Å². The fourth-order valence-electron chi connectivity index (χ4n) is 1.55. The first-order valence-electron chi connectivity index (χ1n) is 3.70. The van der Waals surface area contributed by atoms with Crippen molar-refractivity contribution in [2.75, 3.05) is 0 Å². The SMILES string of the molecule is Brc1cc2ncc3cccc1n32. The normalized spacial score (nSPS) is 11.8. The maximum Gasteiger partial charge on any atom is 0.138 e. The Kier molecular flexibility index (Phi) is 1.06. The van der Waals surface area contributed by atoms with Gasteiger partial charge in [-0.05, 0) is 34.1 Å². The summed E-state index contributed by atoms with van der Waals surface area (Å²) < 4.78 is 3.24. The van der Waals surface area contributed by atoms with Crippen LogP contribution in [0.15, 0.2) is 34.9 Å². The van der Waals surface area contributed by atoms with Gasteiger partial charge in [-0.25, -0.2) is 4.98 Å². The first-order valence-corrected chi connectivity index (χ1v) is 4.49. The minimum atomic E-state index is 1.01. The lowest BCUT2D eigenvalue weighted by Crippen LogP contribution is -1.79. The van der Waals surface area contributed by atoms with Crippen LogP contribution >= 0.6 is 15.9 Å². The highest BCUT2D eigenvalue weighted by molar-refractivity contribution is 9.10. The van der Waals surface area contributed by atoms with Gasteiger partial charge in [0.05, 0.1) is 17.2 Å². The zero-order valence-electron chi connectivity index (χ0n) is 6.16. The summed E-state index contributed by atoms with van der Waals surface area (Å²) in [6.07, 6.45) is 1.88. The molecule has 12 heavy (non-hydrogen) atoms. The van der Waals surface area contributed by atoms with Crippen molar-refractivity contribution in [3.05, 3.63) is 34.9 Å². The lowest BCUT2D eigenvalue weighted by Gasteiger charge is -1.93. The number of hydrogen-bond donors (Lipinski definition) is 0. The molecule has 0 amide bonds. The van der Waals surface area contributed by atoms with Gasteiger partial charge in [0, 0.05) is 4.47 Å². The molecular formula is C9H5BrN2. The van der Waals surface area contributed by atoms with Gasteiger partial charge in [0.2, 0.25) is 0 Å². The average molecular weight is 221 g/mol. The Labute approximate surface area is 77.3 Å². The lowest BCUT2D eigenvalue weighted by atomic mass is 10.4. The van der Waals surface area contributed by atoms with Gasteiger partial charge >= 0.3 is 0 Å². The van der Waals surface area contributed by atoms with E-state index in [0.717, 1.165) is 15.6 Å². The molecule has 0 unspecified atom stereocenters. The fraction of sp³-hybridized carbons (Fsp3) is 0. The van der Waals surface area contributed by atoms with Gasteiger partial charge in [-0.1, -0.05) is 6.07 Å². The molecule has 3 aromatic rings. The largest absolute Gasteiger partial charge is 0.292 e. The molecule has 58 valence electrons. The number of pyridine rings is 1. The topological polar surface area (TPSA) is 17.3 Å². The smallest absolute Gasteiger partial charge is 0.138 e. The van der Waals surface area contributed by atoms with Gasteiger partial charge in [0.25, 0.3) is 0 Å². The van der Waals surface area contributed by atoms with Gasteiger partial charge in [0.1, 0.15) is 5.65 Å². The molecular weight excluding hydrogens is 216 g/mol. The van der Waals surface area contributed by atoms with E-state index in [1.807, 2.05) is 18.3 Å². The van der Waals surface area contributed by atoms with E-state index in [4.69, 9.17) is 0 Å². The zero-order valence-corrected chi connectivity index (χ0v) is 7.75. The van der Waals surface area contributed by atoms with Crippen LogP contribution in [0.1, 0.15) is 0 Å². The van der Waals surface area contributed by atoms with Crippen molar-refractivity contribution in [1.82, 2.24) is 9.38 Å². The Balaban J connectivity index is 2.77. The van der Waals surface area contributed by atoms with Crippen LogP contribution in [0.2, 0.25) is 0 Å². The quantitative estimate of drug-likeness (QED) is 0.570. The predicted molar refractivity (Wildman–Crippen MR) is 51.6 cm³/mol. The summed E-state index contributed by atoms with van der Waals surface area (Å²) >= 11 is 3.49. The van der Waals surface area contributed by atoms with Crippen LogP contribution in [0.5, 0.6) is 0 Å². The minimum absolute atomic E-state index is 1.01. The van der Waals surface area contributed by atoms with Crippen molar-refractivity contribution in [1.29, 1.82) is 0 Å². The van der Waals surface area contributed by atoms with Crippen LogP contribution < -0.4 is 0 Å². The predicted octanol–water partition coefficient (Wildman–Crippen LogP) is 2.69. The fourth-order valence-corrected chi connectivity index (χ4v) is 2.06. The highest BCUT2D eigenvalue weighted by atomic mass is 79.9. The molecule has 0 N–H and O–H groups in total. The lowest BCUT2D eigenvalue weighted by molar-refractivity contribution is 1.32. The number of nitrogens with zero attached hydrogens (tertiary/aromatic N) is 2. The number of imidazole rings is 1. The van der Waals surface area contributed by atoms with Crippen LogP contribution in [0.25, 0.3) is 16.7 Å². The third kappa shape index (κ3) is 0.623. The Morgan fingerprint density at radius 2 is 2.25 bits per heavy atom. The summed E-state index contributed by atoms with van der Waals surface area (Å²) in [7, 11) is 0. The Morgan fingerprint density at radius 3 is 3.17 bits per heavy atom. The molecule has 2 nitrogen and oxygen atoms in total. The van der Waals surface area contributed by atoms with Gasteiger partial charge in [0.15, 0.2) is 0 Å². The van der Waals surface area contributed by atoms with Gasteiger partial charge < -0.3 is 0 Å². The summed E-state index contributed by atoms with van der Waals surface area (Å²) in [4.78, 5) is 4.27. The van der Waals surface area contributed by atoms with Crippen LogP contribution in [0.4, 0.5) is 0 Å². The van der Waals surface area contributed by atoms with Crippen molar-refractivity contribution < 1.29 is 0 Å². The number of halogens is 1. The molecule has 3 rings (SSSR count). The highest BCUT2D eigenvalue weighted by Gasteiger charge is 2.06. The van der Waals surface area contributed by atoms with E-state index < -0.39 is 0 Å². The van der Waals surface area contributed by atoms with Gasteiger partial charge in [-0.3, -0.25) is 4.40 Å². The monoisotopic (exact) mass is 220 g/mol. The van der Waals surface area contributed by atoms with Crippen LogP contribution in [0, 0.1) is 0 Å². The third-order valence-electron chi connectivity index (χ3n) is 2.08. The molecule has 0 fully saturated rings. The standard InChI is InChI=1S/C9H5BrN2/c10-7-4-9-11-5-6-2-1-3-8(7)12(6)9/h1-5H. The molecule has 0 atom stereocenters. The molecule has 0 aliphatic carbocycles. The van der Waals surface area contributed by atoms with Gasteiger partial charge in [-0.2, -0.15) is 0 Å². The Morgan fingerprint density at radius 1 is 1.33 bits per heavy atom. The molecule has 0 radical (unpaired) electrons. The molecule has 3 aromatic heterocycles. The third-order valence-corrected chi connectivity index (χ3v) is 2.71. The molecule has 0 bridgehead atoms. The first-order chi connectivity index (χ1) is 5.86. The van der Waals surface area contributed by atoms with E-state index >= 15 is 0 Å². The second kappa shape index (κ2) is 1.98. The van der Waals surface area contributed by atoms with Crippen molar-refractivity contribution in [3.63, 3.8) is 0 Å². The van der Waals surface area contributed by atoms with E-state index in [1.54, 1.807) is 0 Å². The molecule has 0 saturated carbocycles. The van der Waals surface area contributed by atoms with Crippen molar-refractivity contribution in [2.24, 2.45) is 0 Å². The summed E-state index contributed by atoms with van der Waals surface area (Å²) in [5.74, 6) is 0. The van der Waals surface area contributed by atoms with Crippen LogP contribution in [-0.4, -0.2) is 9.38 Å². The van der Waals surface area contributed by atoms with Crippen LogP contribution in [-0.2, 0) is 0 Å². The van der Waals surface area contributed by atoms with Crippen LogP contribution in [0.3, 0.4) is 0 Å². The molecule has 0 aromatic carbocycles. The zero-order chi connectivity index (χ0) is 8.13. The molecule has 3 heteroatoms. The summed E-state index contributed by atoms with van der Waals surface area (Å²) in [5.41, 5.74) is 3.33.